The fourth-order valence-corrected chi connectivity index (χ4v) is 1.53. The van der Waals surface area contributed by atoms with Crippen LogP contribution in [0.25, 0.3) is 0 Å². The number of nitrogens with zero attached hydrogens (tertiary/aromatic N) is 1. The van der Waals surface area contributed by atoms with Crippen LogP contribution in [0.3, 0.4) is 0 Å². The van der Waals surface area contributed by atoms with Crippen molar-refractivity contribution < 1.29 is 9.53 Å². The Labute approximate surface area is 114 Å². The highest BCUT2D eigenvalue weighted by Gasteiger charge is 2.02. The molecule has 0 radical (unpaired) electrons. The minimum absolute atomic E-state index is 0.0198. The third-order valence-corrected chi connectivity index (χ3v) is 2.62. The van der Waals surface area contributed by atoms with Gasteiger partial charge in [0.2, 0.25) is 0 Å². The molecule has 0 aliphatic heterocycles. The Kier molecular flexibility index (Phi) is 6.64. The number of amides is 1. The third kappa shape index (κ3) is 6.60. The number of nitrogens with one attached hydrogen (secondary N) is 1. The van der Waals surface area contributed by atoms with Crippen molar-refractivity contribution in [1.82, 2.24) is 5.43 Å². The molecule has 0 atom stereocenters. The first kappa shape index (κ1) is 15.2. The van der Waals surface area contributed by atoms with Gasteiger partial charge in [-0.2, -0.15) is 5.10 Å². The molecule has 0 aliphatic rings. The number of aryl methyl sites for hydroxylation is 1. The van der Waals surface area contributed by atoms with Gasteiger partial charge in [-0.1, -0.05) is 25.5 Å². The number of unbranched alkanes of at least 4 members (excludes halogenated alkanes) is 1. The predicted octanol–water partition coefficient (Wildman–Crippen LogP) is 3.06. The van der Waals surface area contributed by atoms with Gasteiger partial charge in [-0.3, -0.25) is 4.79 Å². The standard InChI is InChI=1S/C15H22N2O2/c1-4-5-8-13(3)16-17-15(18)11-19-14-9-6-7-12(2)10-14/h6-7,9-10H,4-5,8,11H2,1-3H3,(H,17,18)/b16-13-. The number of ether oxygens (including phenoxy) is 1. The van der Waals surface area contributed by atoms with Crippen LogP contribution in [0.5, 0.6) is 5.75 Å². The highest BCUT2D eigenvalue weighted by atomic mass is 16.5. The normalized spacial score (nSPS) is 11.2. The van der Waals surface area contributed by atoms with Crippen LogP contribution in [0.2, 0.25) is 0 Å². The largest absolute Gasteiger partial charge is 0.484 e. The lowest BCUT2D eigenvalue weighted by molar-refractivity contribution is -0.123. The second kappa shape index (κ2) is 8.29. The lowest BCUT2D eigenvalue weighted by atomic mass is 10.2. The third-order valence-electron chi connectivity index (χ3n) is 2.62. The van der Waals surface area contributed by atoms with Crippen molar-refractivity contribution in [3.05, 3.63) is 29.8 Å². The van der Waals surface area contributed by atoms with Gasteiger partial charge in [0.1, 0.15) is 5.75 Å². The lowest BCUT2D eigenvalue weighted by Gasteiger charge is -2.06. The first-order valence-corrected chi connectivity index (χ1v) is 6.63. The lowest BCUT2D eigenvalue weighted by Crippen LogP contribution is -2.25. The summed E-state index contributed by atoms with van der Waals surface area (Å²) in [4.78, 5) is 11.5. The molecule has 0 unspecified atom stereocenters. The van der Waals surface area contributed by atoms with Gasteiger partial charge in [0.25, 0.3) is 5.91 Å². The maximum Gasteiger partial charge on any atom is 0.277 e. The van der Waals surface area contributed by atoms with E-state index in [-0.39, 0.29) is 12.5 Å². The molecule has 0 bridgehead atoms. The van der Waals surface area contributed by atoms with Gasteiger partial charge in [-0.15, -0.1) is 0 Å². The van der Waals surface area contributed by atoms with Crippen molar-refractivity contribution in [2.45, 2.75) is 40.0 Å². The Morgan fingerprint density at radius 2 is 2.21 bits per heavy atom. The van der Waals surface area contributed by atoms with E-state index in [1.165, 1.54) is 0 Å². The van der Waals surface area contributed by atoms with Crippen molar-refractivity contribution in [2.75, 3.05) is 6.61 Å². The number of rotatable bonds is 7. The molecule has 19 heavy (non-hydrogen) atoms. The molecular weight excluding hydrogens is 240 g/mol. The summed E-state index contributed by atoms with van der Waals surface area (Å²) in [6, 6.07) is 7.60. The zero-order valence-corrected chi connectivity index (χ0v) is 11.9. The van der Waals surface area contributed by atoms with Gasteiger partial charge in [0.15, 0.2) is 6.61 Å². The quantitative estimate of drug-likeness (QED) is 0.606. The number of benzene rings is 1. The molecule has 1 N–H and O–H groups in total. The SMILES string of the molecule is CCCC/C(C)=N\NC(=O)COc1cccc(C)c1. The molecule has 4 heteroatoms. The Morgan fingerprint density at radius 3 is 2.89 bits per heavy atom. The maximum atomic E-state index is 11.5. The van der Waals surface area contributed by atoms with Gasteiger partial charge >= 0.3 is 0 Å². The minimum atomic E-state index is -0.239. The van der Waals surface area contributed by atoms with Gasteiger partial charge in [0, 0.05) is 5.71 Å². The second-order valence-electron chi connectivity index (χ2n) is 4.59. The zero-order chi connectivity index (χ0) is 14.1. The van der Waals surface area contributed by atoms with Crippen LogP contribution in [0, 0.1) is 6.92 Å². The van der Waals surface area contributed by atoms with Crippen LogP contribution in [0.1, 0.15) is 38.7 Å². The summed E-state index contributed by atoms with van der Waals surface area (Å²) in [6.45, 7) is 6.00. The van der Waals surface area contributed by atoms with E-state index in [0.717, 1.165) is 30.5 Å². The summed E-state index contributed by atoms with van der Waals surface area (Å²) in [5, 5.41) is 4.03. The minimum Gasteiger partial charge on any atom is -0.484 e. The van der Waals surface area contributed by atoms with E-state index in [1.807, 2.05) is 38.1 Å². The van der Waals surface area contributed by atoms with Crippen LogP contribution in [-0.2, 0) is 4.79 Å². The van der Waals surface area contributed by atoms with Gasteiger partial charge in [-0.05, 0) is 44.4 Å². The molecule has 0 saturated heterocycles. The monoisotopic (exact) mass is 262 g/mol. The van der Waals surface area contributed by atoms with E-state index in [9.17, 15) is 4.79 Å². The van der Waals surface area contributed by atoms with E-state index < -0.39 is 0 Å². The molecule has 104 valence electrons. The highest BCUT2D eigenvalue weighted by molar-refractivity contribution is 5.84. The fourth-order valence-electron chi connectivity index (χ4n) is 1.53. The number of hydrogen-bond acceptors (Lipinski definition) is 3. The van der Waals surface area contributed by atoms with Gasteiger partial charge in [0.05, 0.1) is 0 Å². The number of hydrazone groups is 1. The Balaban J connectivity index is 2.32. The summed E-state index contributed by atoms with van der Waals surface area (Å²) < 4.78 is 5.38. The van der Waals surface area contributed by atoms with Crippen molar-refractivity contribution in [3.8, 4) is 5.75 Å². The molecule has 1 aromatic rings. The Morgan fingerprint density at radius 1 is 1.42 bits per heavy atom. The van der Waals surface area contributed by atoms with E-state index in [1.54, 1.807) is 0 Å². The zero-order valence-electron chi connectivity index (χ0n) is 11.9. The molecule has 0 saturated carbocycles. The smallest absolute Gasteiger partial charge is 0.277 e. The first-order chi connectivity index (χ1) is 9.11. The number of carbonyl (C=O) groups excluding carboxylic acids is 1. The van der Waals surface area contributed by atoms with Crippen LogP contribution >= 0.6 is 0 Å². The Hall–Kier alpha value is -1.84. The Bertz CT molecular complexity index is 442. The van der Waals surface area contributed by atoms with Crippen molar-refractivity contribution in [3.63, 3.8) is 0 Å². The average molecular weight is 262 g/mol. The molecule has 1 rings (SSSR count). The predicted molar refractivity (Wildman–Crippen MR) is 77.5 cm³/mol. The molecule has 0 spiro atoms. The highest BCUT2D eigenvalue weighted by Crippen LogP contribution is 2.11. The summed E-state index contributed by atoms with van der Waals surface area (Å²) in [6.07, 6.45) is 3.12. The summed E-state index contributed by atoms with van der Waals surface area (Å²) in [5.41, 5.74) is 4.54. The molecule has 0 fully saturated rings. The van der Waals surface area contributed by atoms with Crippen molar-refractivity contribution in [2.24, 2.45) is 5.10 Å². The maximum absolute atomic E-state index is 11.5. The summed E-state index contributed by atoms with van der Waals surface area (Å²) in [7, 11) is 0. The first-order valence-electron chi connectivity index (χ1n) is 6.63. The average Bonchev–Trinajstić information content (AvgIpc) is 2.40. The summed E-state index contributed by atoms with van der Waals surface area (Å²) in [5.74, 6) is 0.458. The molecule has 0 aliphatic carbocycles. The van der Waals surface area contributed by atoms with E-state index >= 15 is 0 Å². The van der Waals surface area contributed by atoms with Crippen molar-refractivity contribution >= 4 is 11.6 Å². The summed E-state index contributed by atoms with van der Waals surface area (Å²) >= 11 is 0. The molecule has 1 amide bonds. The fraction of sp³-hybridized carbons (Fsp3) is 0.467. The van der Waals surface area contributed by atoms with Crippen LogP contribution in [0.4, 0.5) is 0 Å². The van der Waals surface area contributed by atoms with Crippen LogP contribution in [0.15, 0.2) is 29.4 Å². The van der Waals surface area contributed by atoms with E-state index in [2.05, 4.69) is 17.5 Å². The molecule has 4 nitrogen and oxygen atoms in total. The van der Waals surface area contributed by atoms with Crippen molar-refractivity contribution in [1.29, 1.82) is 0 Å². The molecule has 1 aromatic carbocycles. The molecular formula is C15H22N2O2. The van der Waals surface area contributed by atoms with Crippen LogP contribution in [-0.4, -0.2) is 18.2 Å². The second-order valence-corrected chi connectivity index (χ2v) is 4.59. The molecule has 0 aromatic heterocycles. The van der Waals surface area contributed by atoms with Gasteiger partial charge in [-0.25, -0.2) is 5.43 Å². The topological polar surface area (TPSA) is 50.7 Å². The molecule has 0 heterocycles. The van der Waals surface area contributed by atoms with Crippen LogP contribution < -0.4 is 10.2 Å². The van der Waals surface area contributed by atoms with E-state index in [4.69, 9.17) is 4.74 Å². The van der Waals surface area contributed by atoms with Gasteiger partial charge < -0.3 is 4.74 Å². The number of hydrogen-bond donors (Lipinski definition) is 1. The number of carbonyl (C=O) groups is 1. The van der Waals surface area contributed by atoms with E-state index in [0.29, 0.717) is 5.75 Å².